The van der Waals surface area contributed by atoms with Crippen LogP contribution in [0, 0.1) is 12.7 Å². The Morgan fingerprint density at radius 3 is 2.64 bits per heavy atom. The summed E-state index contributed by atoms with van der Waals surface area (Å²) >= 11 is 0. The second kappa shape index (κ2) is 11.3. The largest absolute Gasteiger partial charge is 0.355 e. The summed E-state index contributed by atoms with van der Waals surface area (Å²) in [5.74, 6) is -0.308. The minimum Gasteiger partial charge on any atom is -0.355 e. The van der Waals surface area contributed by atoms with Gasteiger partial charge < -0.3 is 20.9 Å². The van der Waals surface area contributed by atoms with E-state index in [1.807, 2.05) is 32.0 Å². The summed E-state index contributed by atoms with van der Waals surface area (Å²) in [5, 5.41) is 8.88. The van der Waals surface area contributed by atoms with Gasteiger partial charge in [0.25, 0.3) is 5.91 Å². The third-order valence-corrected chi connectivity index (χ3v) is 5.26. The lowest BCUT2D eigenvalue weighted by Crippen LogP contribution is -2.44. The lowest BCUT2D eigenvalue weighted by atomic mass is 10.0. The van der Waals surface area contributed by atoms with Crippen molar-refractivity contribution in [2.45, 2.75) is 27.3 Å². The molecule has 3 N–H and O–H groups in total. The molecule has 33 heavy (non-hydrogen) atoms. The fraction of sp³-hybridized carbons (Fsp3) is 0.320. The SMILES string of the molecule is CCN(Cc1cccc(C)c1)C(=O)C1=C(c2ccccc2F)NC(NCCNC(C)=O)=NC1. The second-order valence-corrected chi connectivity index (χ2v) is 7.84. The minimum absolute atomic E-state index is 0.113. The Morgan fingerprint density at radius 2 is 1.94 bits per heavy atom. The van der Waals surface area contributed by atoms with Gasteiger partial charge in [-0.15, -0.1) is 0 Å². The summed E-state index contributed by atoms with van der Waals surface area (Å²) in [7, 11) is 0. The molecule has 0 atom stereocenters. The number of halogens is 1. The van der Waals surface area contributed by atoms with Crippen molar-refractivity contribution >= 4 is 23.5 Å². The van der Waals surface area contributed by atoms with Gasteiger partial charge in [-0.05, 0) is 31.5 Å². The lowest BCUT2D eigenvalue weighted by molar-refractivity contribution is -0.127. The monoisotopic (exact) mass is 451 g/mol. The maximum Gasteiger partial charge on any atom is 0.254 e. The van der Waals surface area contributed by atoms with Crippen LogP contribution in [0.15, 0.2) is 59.1 Å². The molecule has 0 aliphatic carbocycles. The van der Waals surface area contributed by atoms with Crippen molar-refractivity contribution in [1.29, 1.82) is 0 Å². The minimum atomic E-state index is -0.425. The highest BCUT2D eigenvalue weighted by Crippen LogP contribution is 2.24. The van der Waals surface area contributed by atoms with Crippen LogP contribution in [0.3, 0.4) is 0 Å². The van der Waals surface area contributed by atoms with E-state index in [4.69, 9.17) is 0 Å². The molecule has 0 saturated heterocycles. The molecule has 1 aliphatic rings. The summed E-state index contributed by atoms with van der Waals surface area (Å²) in [6.07, 6.45) is 0. The number of nitrogens with zero attached hydrogens (tertiary/aromatic N) is 2. The number of guanidine groups is 1. The summed E-state index contributed by atoms with van der Waals surface area (Å²) in [6, 6.07) is 14.4. The average Bonchev–Trinajstić information content (AvgIpc) is 2.80. The van der Waals surface area contributed by atoms with Crippen molar-refractivity contribution in [3.63, 3.8) is 0 Å². The van der Waals surface area contributed by atoms with Crippen molar-refractivity contribution in [2.75, 3.05) is 26.2 Å². The number of carbonyl (C=O) groups is 2. The highest BCUT2D eigenvalue weighted by atomic mass is 19.1. The Labute approximate surface area is 193 Å². The van der Waals surface area contributed by atoms with Crippen LogP contribution in [0.5, 0.6) is 0 Å². The molecule has 7 nitrogen and oxygen atoms in total. The molecule has 0 unspecified atom stereocenters. The van der Waals surface area contributed by atoms with E-state index < -0.39 is 5.82 Å². The summed E-state index contributed by atoms with van der Waals surface area (Å²) < 4.78 is 14.7. The van der Waals surface area contributed by atoms with Crippen molar-refractivity contribution < 1.29 is 14.0 Å². The molecule has 3 rings (SSSR count). The molecular formula is C25H30FN5O2. The predicted octanol–water partition coefficient (Wildman–Crippen LogP) is 2.58. The van der Waals surface area contributed by atoms with Gasteiger partial charge in [0.2, 0.25) is 5.91 Å². The number of benzene rings is 2. The van der Waals surface area contributed by atoms with Crippen molar-refractivity contribution in [2.24, 2.45) is 4.99 Å². The van der Waals surface area contributed by atoms with Crippen LogP contribution in [0.2, 0.25) is 0 Å². The molecule has 0 spiro atoms. The van der Waals surface area contributed by atoms with Crippen LogP contribution in [0.1, 0.15) is 30.5 Å². The lowest BCUT2D eigenvalue weighted by Gasteiger charge is -2.27. The Balaban J connectivity index is 1.85. The molecule has 2 amide bonds. The molecule has 0 radical (unpaired) electrons. The van der Waals surface area contributed by atoms with Crippen molar-refractivity contribution in [3.05, 3.63) is 76.6 Å². The number of likely N-dealkylation sites (N-methyl/N-ethyl adjacent to an activating group) is 1. The number of hydrogen-bond acceptors (Lipinski definition) is 5. The van der Waals surface area contributed by atoms with Crippen LogP contribution in [-0.4, -0.2) is 48.9 Å². The van der Waals surface area contributed by atoms with E-state index in [-0.39, 0.29) is 18.4 Å². The van der Waals surface area contributed by atoms with Crippen LogP contribution in [-0.2, 0) is 16.1 Å². The van der Waals surface area contributed by atoms with Crippen LogP contribution < -0.4 is 16.0 Å². The number of aliphatic imine (C=N–C) groups is 1. The number of nitrogens with one attached hydrogen (secondary N) is 3. The fourth-order valence-electron chi connectivity index (χ4n) is 3.61. The first kappa shape index (κ1) is 24.0. The van der Waals surface area contributed by atoms with Gasteiger partial charge >= 0.3 is 0 Å². The summed E-state index contributed by atoms with van der Waals surface area (Å²) in [4.78, 5) is 30.8. The number of rotatable bonds is 8. The van der Waals surface area contributed by atoms with Gasteiger partial charge in [-0.25, -0.2) is 9.38 Å². The zero-order valence-electron chi connectivity index (χ0n) is 19.2. The fourth-order valence-corrected chi connectivity index (χ4v) is 3.61. The van der Waals surface area contributed by atoms with Crippen molar-refractivity contribution in [1.82, 2.24) is 20.9 Å². The molecule has 8 heteroatoms. The van der Waals surface area contributed by atoms with Gasteiger partial charge in [0.15, 0.2) is 5.96 Å². The third kappa shape index (κ3) is 6.41. The molecule has 1 aliphatic heterocycles. The zero-order valence-corrected chi connectivity index (χ0v) is 19.2. The van der Waals surface area contributed by atoms with Crippen LogP contribution in [0.25, 0.3) is 5.70 Å². The van der Waals surface area contributed by atoms with E-state index >= 15 is 0 Å². The molecule has 0 fully saturated rings. The molecule has 0 saturated carbocycles. The van der Waals surface area contributed by atoms with E-state index in [1.54, 1.807) is 23.1 Å². The van der Waals surface area contributed by atoms with Crippen LogP contribution in [0.4, 0.5) is 4.39 Å². The van der Waals surface area contributed by atoms with E-state index in [0.29, 0.717) is 49.0 Å². The highest BCUT2D eigenvalue weighted by molar-refractivity contribution is 6.06. The molecule has 0 aromatic heterocycles. The van der Waals surface area contributed by atoms with E-state index in [0.717, 1.165) is 11.1 Å². The standard InChI is InChI=1S/C25H30FN5O2/c1-4-31(16-19-9-7-8-17(2)14-19)24(33)21-15-29-25(28-13-12-27-18(3)32)30-23(21)20-10-5-6-11-22(20)26/h5-11,14H,4,12-13,15-16H2,1-3H3,(H,27,32)(H2,28,29,30). The van der Waals surface area contributed by atoms with Crippen molar-refractivity contribution in [3.8, 4) is 0 Å². The maximum atomic E-state index is 14.7. The molecule has 2 aromatic rings. The summed E-state index contributed by atoms with van der Waals surface area (Å²) in [6.45, 7) is 7.31. The second-order valence-electron chi connectivity index (χ2n) is 7.84. The normalized spacial score (nSPS) is 13.2. The topological polar surface area (TPSA) is 85.8 Å². The number of hydrogen-bond donors (Lipinski definition) is 3. The summed E-state index contributed by atoms with van der Waals surface area (Å²) in [5.41, 5.74) is 3.27. The Bertz CT molecular complexity index is 1080. The van der Waals surface area contributed by atoms with Crippen LogP contribution >= 0.6 is 0 Å². The Hall–Kier alpha value is -3.68. The first-order valence-corrected chi connectivity index (χ1v) is 11.0. The average molecular weight is 452 g/mol. The molecule has 1 heterocycles. The first-order valence-electron chi connectivity index (χ1n) is 11.0. The quantitative estimate of drug-likeness (QED) is 0.539. The maximum absolute atomic E-state index is 14.7. The van der Waals surface area contributed by atoms with Gasteiger partial charge in [-0.1, -0.05) is 42.0 Å². The third-order valence-electron chi connectivity index (χ3n) is 5.26. The number of amides is 2. The highest BCUT2D eigenvalue weighted by Gasteiger charge is 2.26. The number of aryl methyl sites for hydroxylation is 1. The van der Waals surface area contributed by atoms with E-state index in [9.17, 15) is 14.0 Å². The Kier molecular flexibility index (Phi) is 8.18. The van der Waals surface area contributed by atoms with E-state index in [1.165, 1.54) is 13.0 Å². The van der Waals surface area contributed by atoms with Gasteiger partial charge in [-0.2, -0.15) is 0 Å². The molecule has 0 bridgehead atoms. The Morgan fingerprint density at radius 1 is 1.15 bits per heavy atom. The predicted molar refractivity (Wildman–Crippen MR) is 128 cm³/mol. The molecule has 2 aromatic carbocycles. The molecule has 174 valence electrons. The van der Waals surface area contributed by atoms with Gasteiger partial charge in [0.1, 0.15) is 5.82 Å². The number of carbonyl (C=O) groups excluding carboxylic acids is 2. The smallest absolute Gasteiger partial charge is 0.254 e. The molecular weight excluding hydrogens is 421 g/mol. The first-order chi connectivity index (χ1) is 15.9. The zero-order chi connectivity index (χ0) is 23.8. The van der Waals surface area contributed by atoms with E-state index in [2.05, 4.69) is 27.0 Å². The van der Waals surface area contributed by atoms with Gasteiger partial charge in [0.05, 0.1) is 17.8 Å². The van der Waals surface area contributed by atoms with Gasteiger partial charge in [-0.3, -0.25) is 9.59 Å². The van der Waals surface area contributed by atoms with Gasteiger partial charge in [0, 0.05) is 38.7 Å².